The lowest BCUT2D eigenvalue weighted by Crippen LogP contribution is -2.42. The summed E-state index contributed by atoms with van der Waals surface area (Å²) in [5.41, 5.74) is 0.371. The second-order valence-corrected chi connectivity index (χ2v) is 5.20. The summed E-state index contributed by atoms with van der Waals surface area (Å²) in [6.07, 6.45) is 3.02. The zero-order chi connectivity index (χ0) is 13.7. The molecule has 0 saturated heterocycles. The molecule has 0 spiro atoms. The molecule has 0 heterocycles. The van der Waals surface area contributed by atoms with Gasteiger partial charge in [-0.25, -0.2) is 0 Å². The number of benzene rings is 1. The number of carboxylic acids is 1. The topological polar surface area (TPSA) is 66.4 Å². The third-order valence-corrected chi connectivity index (χ3v) is 3.84. The van der Waals surface area contributed by atoms with Crippen LogP contribution in [0.4, 0.5) is 0 Å². The zero-order valence-corrected chi connectivity index (χ0v) is 10.9. The minimum Gasteiger partial charge on any atom is -0.481 e. The average Bonchev–Trinajstić information content (AvgIpc) is 2.34. The van der Waals surface area contributed by atoms with Gasteiger partial charge in [-0.3, -0.25) is 9.59 Å². The molecule has 0 aliphatic heterocycles. The molecule has 1 saturated carbocycles. The predicted molar refractivity (Wildman–Crippen MR) is 71.7 cm³/mol. The summed E-state index contributed by atoms with van der Waals surface area (Å²) in [5.74, 6) is -0.991. The first-order valence-electron chi connectivity index (χ1n) is 6.66. The lowest BCUT2D eigenvalue weighted by atomic mass is 9.66. The summed E-state index contributed by atoms with van der Waals surface area (Å²) >= 11 is 0. The second kappa shape index (κ2) is 5.87. The molecule has 0 aromatic heterocycles. The van der Waals surface area contributed by atoms with Crippen LogP contribution < -0.4 is 5.32 Å². The summed E-state index contributed by atoms with van der Waals surface area (Å²) in [6, 6.07) is 9.90. The van der Waals surface area contributed by atoms with Crippen molar-refractivity contribution in [2.24, 2.45) is 5.41 Å². The molecule has 2 N–H and O–H groups in total. The first-order valence-corrected chi connectivity index (χ1v) is 6.66. The number of aliphatic carboxylic acids is 1. The first-order chi connectivity index (χ1) is 9.12. The van der Waals surface area contributed by atoms with Crippen LogP contribution in [0.25, 0.3) is 0 Å². The van der Waals surface area contributed by atoms with Crippen molar-refractivity contribution in [3.63, 3.8) is 0 Å². The van der Waals surface area contributed by atoms with Crippen LogP contribution in [0, 0.1) is 5.41 Å². The third kappa shape index (κ3) is 3.34. The maximum absolute atomic E-state index is 11.8. The van der Waals surface area contributed by atoms with Gasteiger partial charge < -0.3 is 10.4 Å². The van der Waals surface area contributed by atoms with Gasteiger partial charge >= 0.3 is 5.97 Å². The van der Waals surface area contributed by atoms with E-state index in [4.69, 9.17) is 5.11 Å². The number of hydrogen-bond donors (Lipinski definition) is 2. The number of hydrogen-bond acceptors (Lipinski definition) is 2. The van der Waals surface area contributed by atoms with Gasteiger partial charge in [0.05, 0.1) is 5.41 Å². The number of carboxylic acid groups (broad SMARTS) is 1. The molecule has 1 aromatic rings. The monoisotopic (exact) mass is 261 g/mol. The molecule has 0 radical (unpaired) electrons. The van der Waals surface area contributed by atoms with Gasteiger partial charge in [0.15, 0.2) is 0 Å². The molecule has 102 valence electrons. The molecule has 1 aromatic carbocycles. The number of rotatable bonds is 6. The molecule has 1 amide bonds. The van der Waals surface area contributed by atoms with Crippen LogP contribution in [0.3, 0.4) is 0 Å². The lowest BCUT2D eigenvalue weighted by Gasteiger charge is -2.36. The molecule has 0 atom stereocenters. The summed E-state index contributed by atoms with van der Waals surface area (Å²) < 4.78 is 0. The number of nitrogens with one attached hydrogen (secondary N) is 1. The van der Waals surface area contributed by atoms with Gasteiger partial charge in [0, 0.05) is 13.0 Å². The first kappa shape index (κ1) is 13.6. The Hall–Kier alpha value is -1.84. The van der Waals surface area contributed by atoms with E-state index in [1.165, 1.54) is 5.56 Å². The van der Waals surface area contributed by atoms with Gasteiger partial charge in [0.25, 0.3) is 0 Å². The Balaban J connectivity index is 1.74. The van der Waals surface area contributed by atoms with E-state index in [2.05, 4.69) is 5.32 Å². The van der Waals surface area contributed by atoms with Gasteiger partial charge in [0.1, 0.15) is 0 Å². The van der Waals surface area contributed by atoms with E-state index in [1.807, 2.05) is 30.3 Å². The maximum atomic E-state index is 11.8. The Bertz CT molecular complexity index is 452. The molecule has 1 aliphatic carbocycles. The molecule has 1 aliphatic rings. The summed E-state index contributed by atoms with van der Waals surface area (Å²) in [5, 5.41) is 12.0. The van der Waals surface area contributed by atoms with Crippen molar-refractivity contribution in [2.45, 2.75) is 32.1 Å². The zero-order valence-electron chi connectivity index (χ0n) is 10.9. The van der Waals surface area contributed by atoms with Crippen molar-refractivity contribution in [1.29, 1.82) is 0 Å². The van der Waals surface area contributed by atoms with Crippen LogP contribution in [-0.2, 0) is 16.0 Å². The Kier molecular flexibility index (Phi) is 4.20. The van der Waals surface area contributed by atoms with E-state index in [9.17, 15) is 9.59 Å². The fraction of sp³-hybridized carbons (Fsp3) is 0.467. The van der Waals surface area contributed by atoms with E-state index >= 15 is 0 Å². The molecular weight excluding hydrogens is 242 g/mol. The normalized spacial score (nSPS) is 16.4. The van der Waals surface area contributed by atoms with Crippen molar-refractivity contribution in [3.05, 3.63) is 35.9 Å². The maximum Gasteiger partial charge on any atom is 0.310 e. The standard InChI is InChI=1S/C15H19NO3/c17-13(11-15(14(18)19)8-4-9-15)16-10-7-12-5-2-1-3-6-12/h1-3,5-6H,4,7-11H2,(H,16,17)(H,18,19). The van der Waals surface area contributed by atoms with Gasteiger partial charge in [-0.05, 0) is 24.8 Å². The van der Waals surface area contributed by atoms with Crippen LogP contribution >= 0.6 is 0 Å². The lowest BCUT2D eigenvalue weighted by molar-refractivity contribution is -0.157. The molecule has 4 nitrogen and oxygen atoms in total. The van der Waals surface area contributed by atoms with Crippen molar-refractivity contribution >= 4 is 11.9 Å². The summed E-state index contributed by atoms with van der Waals surface area (Å²) in [7, 11) is 0. The van der Waals surface area contributed by atoms with E-state index in [0.717, 1.165) is 12.8 Å². The Morgan fingerprint density at radius 2 is 1.89 bits per heavy atom. The van der Waals surface area contributed by atoms with Gasteiger partial charge in [-0.2, -0.15) is 0 Å². The van der Waals surface area contributed by atoms with Gasteiger partial charge in [-0.15, -0.1) is 0 Å². The number of carbonyl (C=O) groups is 2. The van der Waals surface area contributed by atoms with Crippen LogP contribution in [0.15, 0.2) is 30.3 Å². The van der Waals surface area contributed by atoms with Crippen molar-refractivity contribution in [1.82, 2.24) is 5.32 Å². The van der Waals surface area contributed by atoms with Gasteiger partial charge in [0.2, 0.25) is 5.91 Å². The van der Waals surface area contributed by atoms with Crippen LogP contribution in [0.1, 0.15) is 31.2 Å². The molecular formula is C15H19NO3. The van der Waals surface area contributed by atoms with Gasteiger partial charge in [-0.1, -0.05) is 36.8 Å². The average molecular weight is 261 g/mol. The molecule has 4 heteroatoms. The fourth-order valence-electron chi connectivity index (χ4n) is 2.43. The van der Waals surface area contributed by atoms with Crippen molar-refractivity contribution in [2.75, 3.05) is 6.54 Å². The highest BCUT2D eigenvalue weighted by Gasteiger charge is 2.45. The van der Waals surface area contributed by atoms with E-state index in [-0.39, 0.29) is 12.3 Å². The summed E-state index contributed by atoms with van der Waals surface area (Å²) in [6.45, 7) is 0.554. The molecule has 0 bridgehead atoms. The quantitative estimate of drug-likeness (QED) is 0.823. The fourth-order valence-corrected chi connectivity index (χ4v) is 2.43. The number of carbonyl (C=O) groups excluding carboxylic acids is 1. The van der Waals surface area contributed by atoms with Crippen molar-refractivity contribution in [3.8, 4) is 0 Å². The Morgan fingerprint density at radius 1 is 1.21 bits per heavy atom. The highest BCUT2D eigenvalue weighted by Crippen LogP contribution is 2.44. The SMILES string of the molecule is O=C(CC1(C(=O)O)CCC1)NCCc1ccccc1. The Morgan fingerprint density at radius 3 is 2.42 bits per heavy atom. The van der Waals surface area contributed by atoms with E-state index < -0.39 is 11.4 Å². The minimum atomic E-state index is -0.836. The van der Waals surface area contributed by atoms with Crippen LogP contribution in [0.2, 0.25) is 0 Å². The van der Waals surface area contributed by atoms with Crippen LogP contribution in [0.5, 0.6) is 0 Å². The predicted octanol–water partition coefficient (Wildman–Crippen LogP) is 1.99. The molecule has 0 unspecified atom stereocenters. The third-order valence-electron chi connectivity index (χ3n) is 3.84. The Labute approximate surface area is 112 Å². The van der Waals surface area contributed by atoms with E-state index in [1.54, 1.807) is 0 Å². The van der Waals surface area contributed by atoms with Crippen LogP contribution in [-0.4, -0.2) is 23.5 Å². The molecule has 19 heavy (non-hydrogen) atoms. The molecule has 2 rings (SSSR count). The largest absolute Gasteiger partial charge is 0.481 e. The van der Waals surface area contributed by atoms with E-state index in [0.29, 0.717) is 19.4 Å². The minimum absolute atomic E-state index is 0.108. The highest BCUT2D eigenvalue weighted by atomic mass is 16.4. The summed E-state index contributed by atoms with van der Waals surface area (Å²) in [4.78, 5) is 22.9. The van der Waals surface area contributed by atoms with Crippen molar-refractivity contribution < 1.29 is 14.7 Å². The second-order valence-electron chi connectivity index (χ2n) is 5.20. The smallest absolute Gasteiger partial charge is 0.310 e. The number of amides is 1. The highest BCUT2D eigenvalue weighted by molar-refractivity contribution is 5.85. The molecule has 1 fully saturated rings.